The molecule has 0 aliphatic carbocycles. The summed E-state index contributed by atoms with van der Waals surface area (Å²) in [7, 11) is 1.42. The van der Waals surface area contributed by atoms with Crippen LogP contribution in [0.4, 0.5) is 10.5 Å². The van der Waals surface area contributed by atoms with Crippen molar-refractivity contribution in [1.29, 1.82) is 0 Å². The van der Waals surface area contributed by atoms with E-state index in [0.717, 1.165) is 16.7 Å². The Morgan fingerprint density at radius 1 is 1.16 bits per heavy atom. The topological polar surface area (TPSA) is 102 Å². The van der Waals surface area contributed by atoms with Crippen LogP contribution in [0.3, 0.4) is 0 Å². The average molecular weight is 461 g/mol. The summed E-state index contributed by atoms with van der Waals surface area (Å²) in [5.74, 6) is -1.08. The molecular weight excluding hydrogens is 444 g/mol. The Hall–Kier alpha value is -3.30. The molecule has 0 aromatic heterocycles. The second-order valence-electron chi connectivity index (χ2n) is 6.33. The van der Waals surface area contributed by atoms with E-state index in [1.807, 2.05) is 0 Å². The van der Waals surface area contributed by atoms with Crippen LogP contribution in [0.5, 0.6) is 11.5 Å². The molecule has 8 nitrogen and oxygen atoms in total. The predicted octanol–water partition coefficient (Wildman–Crippen LogP) is 3.95. The molecule has 0 atom stereocenters. The van der Waals surface area contributed by atoms with Crippen molar-refractivity contribution < 1.29 is 28.7 Å². The molecular formula is C21H17ClN2O6S. The van der Waals surface area contributed by atoms with Crippen LogP contribution in [0, 0.1) is 0 Å². The SMILES string of the molecule is COc1cc(/C=C2\SC(=O)N(CC(=O)Nc3cccc(Cl)c3)C2=O)ccc1OC(C)=O. The third-order valence-electron chi connectivity index (χ3n) is 4.02. The highest BCUT2D eigenvalue weighted by Gasteiger charge is 2.36. The van der Waals surface area contributed by atoms with Gasteiger partial charge in [0.25, 0.3) is 11.1 Å². The first kappa shape index (κ1) is 22.4. The van der Waals surface area contributed by atoms with Gasteiger partial charge in [-0.15, -0.1) is 0 Å². The van der Waals surface area contributed by atoms with E-state index in [9.17, 15) is 19.2 Å². The molecule has 1 fully saturated rings. The van der Waals surface area contributed by atoms with E-state index in [1.165, 1.54) is 26.2 Å². The molecule has 0 spiro atoms. The van der Waals surface area contributed by atoms with Crippen LogP contribution in [0.2, 0.25) is 5.02 Å². The van der Waals surface area contributed by atoms with Gasteiger partial charge in [0, 0.05) is 17.6 Å². The van der Waals surface area contributed by atoms with Gasteiger partial charge in [0.2, 0.25) is 5.91 Å². The Labute approximate surface area is 187 Å². The van der Waals surface area contributed by atoms with Crippen LogP contribution in [-0.2, 0) is 14.4 Å². The van der Waals surface area contributed by atoms with E-state index in [2.05, 4.69) is 5.32 Å². The number of nitrogens with one attached hydrogen (secondary N) is 1. The van der Waals surface area contributed by atoms with Crippen molar-refractivity contribution in [2.24, 2.45) is 0 Å². The van der Waals surface area contributed by atoms with Gasteiger partial charge in [0.05, 0.1) is 12.0 Å². The normalized spacial score (nSPS) is 14.7. The largest absolute Gasteiger partial charge is 0.493 e. The van der Waals surface area contributed by atoms with Gasteiger partial charge in [-0.05, 0) is 53.7 Å². The highest BCUT2D eigenvalue weighted by molar-refractivity contribution is 8.18. The first-order chi connectivity index (χ1) is 14.8. The molecule has 1 heterocycles. The number of nitrogens with zero attached hydrogens (tertiary/aromatic N) is 1. The second kappa shape index (κ2) is 9.67. The number of amides is 3. The Morgan fingerprint density at radius 3 is 2.61 bits per heavy atom. The minimum absolute atomic E-state index is 0.155. The maximum Gasteiger partial charge on any atom is 0.308 e. The summed E-state index contributed by atoms with van der Waals surface area (Å²) < 4.78 is 10.2. The number of carbonyl (C=O) groups excluding carboxylic acids is 4. The highest BCUT2D eigenvalue weighted by atomic mass is 35.5. The molecule has 2 aromatic carbocycles. The van der Waals surface area contributed by atoms with E-state index >= 15 is 0 Å². The third kappa shape index (κ3) is 5.65. The summed E-state index contributed by atoms with van der Waals surface area (Å²) in [5, 5.41) is 2.49. The van der Waals surface area contributed by atoms with Gasteiger partial charge in [0.1, 0.15) is 6.54 Å². The molecule has 3 amide bonds. The summed E-state index contributed by atoms with van der Waals surface area (Å²) >= 11 is 6.61. The molecule has 1 aliphatic heterocycles. The minimum Gasteiger partial charge on any atom is -0.493 e. The monoisotopic (exact) mass is 460 g/mol. The lowest BCUT2D eigenvalue weighted by molar-refractivity contribution is -0.132. The van der Waals surface area contributed by atoms with Crippen molar-refractivity contribution in [3.63, 3.8) is 0 Å². The molecule has 3 rings (SSSR count). The van der Waals surface area contributed by atoms with Crippen molar-refractivity contribution in [1.82, 2.24) is 4.90 Å². The first-order valence-corrected chi connectivity index (χ1v) is 10.1. The van der Waals surface area contributed by atoms with Crippen molar-refractivity contribution >= 4 is 58.1 Å². The number of ether oxygens (including phenoxy) is 2. The molecule has 2 aromatic rings. The van der Waals surface area contributed by atoms with Gasteiger partial charge in [-0.1, -0.05) is 23.7 Å². The van der Waals surface area contributed by atoms with Crippen molar-refractivity contribution in [3.05, 3.63) is 58.0 Å². The quantitative estimate of drug-likeness (QED) is 0.395. The van der Waals surface area contributed by atoms with E-state index in [0.29, 0.717) is 22.0 Å². The molecule has 0 saturated carbocycles. The number of anilines is 1. The Kier molecular flexibility index (Phi) is 6.98. The summed E-state index contributed by atoms with van der Waals surface area (Å²) in [6.07, 6.45) is 1.50. The van der Waals surface area contributed by atoms with Crippen LogP contribution in [0.15, 0.2) is 47.4 Å². The number of hydrogen-bond donors (Lipinski definition) is 1. The summed E-state index contributed by atoms with van der Waals surface area (Å²) in [4.78, 5) is 49.3. The van der Waals surface area contributed by atoms with Crippen LogP contribution < -0.4 is 14.8 Å². The molecule has 10 heteroatoms. The molecule has 1 aliphatic rings. The lowest BCUT2D eigenvalue weighted by Gasteiger charge is -2.12. The number of hydrogen-bond acceptors (Lipinski definition) is 7. The zero-order chi connectivity index (χ0) is 22.5. The lowest BCUT2D eigenvalue weighted by Crippen LogP contribution is -2.36. The second-order valence-corrected chi connectivity index (χ2v) is 7.76. The minimum atomic E-state index is -0.584. The van der Waals surface area contributed by atoms with Gasteiger partial charge in [-0.2, -0.15) is 0 Å². The molecule has 0 bridgehead atoms. The molecule has 0 radical (unpaired) electrons. The highest BCUT2D eigenvalue weighted by Crippen LogP contribution is 2.34. The van der Waals surface area contributed by atoms with Crippen LogP contribution in [-0.4, -0.2) is 41.6 Å². The number of benzene rings is 2. The summed E-state index contributed by atoms with van der Waals surface area (Å²) in [6.45, 7) is 0.842. The molecule has 0 unspecified atom stereocenters. The number of esters is 1. The third-order valence-corrected chi connectivity index (χ3v) is 5.17. The van der Waals surface area contributed by atoms with Gasteiger partial charge >= 0.3 is 5.97 Å². The van der Waals surface area contributed by atoms with Gasteiger partial charge in [-0.3, -0.25) is 24.1 Å². The fourth-order valence-electron chi connectivity index (χ4n) is 2.71. The first-order valence-electron chi connectivity index (χ1n) is 8.94. The molecule has 160 valence electrons. The fraction of sp³-hybridized carbons (Fsp3) is 0.143. The summed E-state index contributed by atoms with van der Waals surface area (Å²) in [5.41, 5.74) is 1.02. The van der Waals surface area contributed by atoms with Gasteiger partial charge < -0.3 is 14.8 Å². The Balaban J connectivity index is 1.72. The van der Waals surface area contributed by atoms with Gasteiger partial charge in [0.15, 0.2) is 11.5 Å². The number of carbonyl (C=O) groups is 4. The standard InChI is InChI=1S/C21H17ClN2O6S/c1-12(25)30-16-7-6-13(8-17(16)29-2)9-18-20(27)24(21(28)31-18)11-19(26)23-15-5-3-4-14(22)10-15/h3-10H,11H2,1-2H3,(H,23,26)/b18-9-. The van der Waals surface area contributed by atoms with E-state index in [-0.39, 0.29) is 10.7 Å². The van der Waals surface area contributed by atoms with Crippen molar-refractivity contribution in [2.75, 3.05) is 19.0 Å². The zero-order valence-corrected chi connectivity index (χ0v) is 18.1. The Bertz CT molecular complexity index is 1100. The van der Waals surface area contributed by atoms with E-state index in [4.69, 9.17) is 21.1 Å². The maximum atomic E-state index is 12.6. The number of imide groups is 1. The molecule has 31 heavy (non-hydrogen) atoms. The number of rotatable bonds is 6. The zero-order valence-electron chi connectivity index (χ0n) is 16.5. The predicted molar refractivity (Wildman–Crippen MR) is 117 cm³/mol. The van der Waals surface area contributed by atoms with Crippen molar-refractivity contribution in [3.8, 4) is 11.5 Å². The lowest BCUT2D eigenvalue weighted by atomic mass is 10.2. The van der Waals surface area contributed by atoms with Crippen molar-refractivity contribution in [2.45, 2.75) is 6.92 Å². The average Bonchev–Trinajstić information content (AvgIpc) is 2.96. The molecule has 1 N–H and O–H groups in total. The Morgan fingerprint density at radius 2 is 1.94 bits per heavy atom. The van der Waals surface area contributed by atoms with E-state index < -0.39 is 29.6 Å². The summed E-state index contributed by atoms with van der Waals surface area (Å²) in [6, 6.07) is 11.2. The fourth-order valence-corrected chi connectivity index (χ4v) is 3.74. The van der Waals surface area contributed by atoms with Crippen LogP contribution >= 0.6 is 23.4 Å². The number of methoxy groups -OCH3 is 1. The molecule has 1 saturated heterocycles. The number of halogens is 1. The number of thioether (sulfide) groups is 1. The maximum absolute atomic E-state index is 12.6. The van der Waals surface area contributed by atoms with Gasteiger partial charge in [-0.25, -0.2) is 0 Å². The van der Waals surface area contributed by atoms with E-state index in [1.54, 1.807) is 36.4 Å². The smallest absolute Gasteiger partial charge is 0.308 e. The van der Waals surface area contributed by atoms with Crippen LogP contribution in [0.1, 0.15) is 12.5 Å². The van der Waals surface area contributed by atoms with Crippen LogP contribution in [0.25, 0.3) is 6.08 Å².